The van der Waals surface area contributed by atoms with Crippen LogP contribution in [-0.2, 0) is 0 Å². The minimum atomic E-state index is -1.31. The van der Waals surface area contributed by atoms with Gasteiger partial charge in [-0.05, 0) is 12.5 Å². The molecule has 0 amide bonds. The Morgan fingerprint density at radius 2 is 2.44 bits per heavy atom. The molecule has 0 aliphatic carbocycles. The van der Waals surface area contributed by atoms with Crippen LogP contribution in [0.5, 0.6) is 0 Å². The second-order valence-electron chi connectivity index (χ2n) is 3.06. The fourth-order valence-corrected chi connectivity index (χ4v) is 1.13. The van der Waals surface area contributed by atoms with Gasteiger partial charge < -0.3 is 10.4 Å². The minimum absolute atomic E-state index is 0.0584. The van der Waals surface area contributed by atoms with Crippen LogP contribution >= 0.6 is 0 Å². The van der Waals surface area contributed by atoms with Crippen molar-refractivity contribution in [1.29, 1.82) is 0 Å². The van der Waals surface area contributed by atoms with Gasteiger partial charge in [-0.15, -0.1) is 12.3 Å². The van der Waals surface area contributed by atoms with Crippen LogP contribution in [0.25, 0.3) is 0 Å². The highest BCUT2D eigenvalue weighted by atomic mass is 19.1. The molecular formula is C11H11FN2O2. The summed E-state index contributed by atoms with van der Waals surface area (Å²) >= 11 is 0. The van der Waals surface area contributed by atoms with Crippen molar-refractivity contribution >= 4 is 11.8 Å². The maximum absolute atomic E-state index is 13.5. The van der Waals surface area contributed by atoms with Crippen molar-refractivity contribution in [2.75, 3.05) is 11.9 Å². The molecule has 84 valence electrons. The summed E-state index contributed by atoms with van der Waals surface area (Å²) in [6, 6.07) is 1.12. The average Bonchev–Trinajstić information content (AvgIpc) is 2.26. The largest absolute Gasteiger partial charge is 0.478 e. The number of aromatic nitrogens is 1. The lowest BCUT2D eigenvalue weighted by molar-refractivity contribution is 0.0692. The number of anilines is 1. The monoisotopic (exact) mass is 222 g/mol. The van der Waals surface area contributed by atoms with Gasteiger partial charge in [-0.25, -0.2) is 14.2 Å². The molecule has 0 fully saturated rings. The predicted octanol–water partition coefficient (Wildman–Crippen LogP) is 1.74. The molecule has 0 atom stereocenters. The molecule has 4 nitrogen and oxygen atoms in total. The maximum Gasteiger partial charge on any atom is 0.338 e. The number of nitrogens with zero attached hydrogens (tertiary/aromatic N) is 1. The van der Waals surface area contributed by atoms with Gasteiger partial charge in [0.05, 0.1) is 0 Å². The second-order valence-corrected chi connectivity index (χ2v) is 3.06. The van der Waals surface area contributed by atoms with E-state index in [1.807, 2.05) is 0 Å². The quantitative estimate of drug-likeness (QED) is 0.588. The van der Waals surface area contributed by atoms with Crippen molar-refractivity contribution in [2.45, 2.75) is 12.8 Å². The molecule has 1 aromatic rings. The Balaban J connectivity index is 2.70. The van der Waals surface area contributed by atoms with Crippen molar-refractivity contribution in [3.63, 3.8) is 0 Å². The number of hydrogen-bond acceptors (Lipinski definition) is 3. The Kier molecular flexibility index (Phi) is 4.28. The molecule has 0 aromatic carbocycles. The number of rotatable bonds is 5. The summed E-state index contributed by atoms with van der Waals surface area (Å²) < 4.78 is 13.5. The van der Waals surface area contributed by atoms with E-state index >= 15 is 0 Å². The summed E-state index contributed by atoms with van der Waals surface area (Å²) in [4.78, 5) is 14.3. The van der Waals surface area contributed by atoms with Gasteiger partial charge in [0.1, 0.15) is 5.56 Å². The minimum Gasteiger partial charge on any atom is -0.478 e. The Morgan fingerprint density at radius 1 is 1.69 bits per heavy atom. The van der Waals surface area contributed by atoms with Gasteiger partial charge in [0.15, 0.2) is 11.6 Å². The fraction of sp³-hybridized carbons (Fsp3) is 0.273. The maximum atomic E-state index is 13.5. The lowest BCUT2D eigenvalue weighted by Crippen LogP contribution is -2.09. The molecule has 5 heteroatoms. The first kappa shape index (κ1) is 12.0. The summed E-state index contributed by atoms with van der Waals surface area (Å²) in [7, 11) is 0. The number of carboxylic acids is 1. The first-order valence-electron chi connectivity index (χ1n) is 4.72. The Labute approximate surface area is 92.5 Å². The molecule has 0 saturated heterocycles. The molecular weight excluding hydrogens is 211 g/mol. The lowest BCUT2D eigenvalue weighted by Gasteiger charge is -2.06. The van der Waals surface area contributed by atoms with Crippen molar-refractivity contribution in [3.05, 3.63) is 23.6 Å². The molecule has 0 radical (unpaired) electrons. The van der Waals surface area contributed by atoms with Gasteiger partial charge in [0.25, 0.3) is 0 Å². The van der Waals surface area contributed by atoms with E-state index in [2.05, 4.69) is 16.2 Å². The molecule has 1 rings (SSSR count). The van der Waals surface area contributed by atoms with Crippen molar-refractivity contribution < 1.29 is 14.3 Å². The first-order chi connectivity index (χ1) is 7.66. The van der Waals surface area contributed by atoms with E-state index in [0.717, 1.165) is 6.07 Å². The van der Waals surface area contributed by atoms with Gasteiger partial charge >= 0.3 is 5.97 Å². The molecule has 0 saturated carbocycles. The number of aromatic carboxylic acids is 1. The standard InChI is InChI=1S/C11H11FN2O2/c1-2-3-4-6-13-10-9(12)8(11(15)16)5-7-14-10/h1,5,7H,3-4,6H2,(H,13,14)(H,15,16). The molecule has 2 N–H and O–H groups in total. The number of nitrogens with one attached hydrogen (secondary N) is 1. The topological polar surface area (TPSA) is 62.2 Å². The third kappa shape index (κ3) is 2.95. The number of carboxylic acid groups (broad SMARTS) is 1. The zero-order chi connectivity index (χ0) is 12.0. The molecule has 0 aliphatic heterocycles. The van der Waals surface area contributed by atoms with Gasteiger partial charge in [-0.1, -0.05) is 0 Å². The van der Waals surface area contributed by atoms with E-state index in [9.17, 15) is 9.18 Å². The zero-order valence-electron chi connectivity index (χ0n) is 8.53. The van der Waals surface area contributed by atoms with Gasteiger partial charge in [0.2, 0.25) is 0 Å². The Morgan fingerprint density at radius 3 is 3.06 bits per heavy atom. The van der Waals surface area contributed by atoms with Gasteiger partial charge in [0, 0.05) is 19.2 Å². The lowest BCUT2D eigenvalue weighted by atomic mass is 10.2. The molecule has 0 bridgehead atoms. The van der Waals surface area contributed by atoms with Crippen LogP contribution in [0.1, 0.15) is 23.2 Å². The summed E-state index contributed by atoms with van der Waals surface area (Å²) in [6.07, 6.45) is 7.55. The number of pyridine rings is 1. The fourth-order valence-electron chi connectivity index (χ4n) is 1.13. The predicted molar refractivity (Wildman–Crippen MR) is 57.7 cm³/mol. The van der Waals surface area contributed by atoms with E-state index in [0.29, 0.717) is 19.4 Å². The van der Waals surface area contributed by atoms with Crippen LogP contribution in [-0.4, -0.2) is 22.6 Å². The Bertz CT molecular complexity index is 426. The molecule has 0 unspecified atom stereocenters. The highest BCUT2D eigenvalue weighted by Crippen LogP contribution is 2.14. The highest BCUT2D eigenvalue weighted by Gasteiger charge is 2.14. The smallest absolute Gasteiger partial charge is 0.338 e. The van der Waals surface area contributed by atoms with Crippen molar-refractivity contribution in [1.82, 2.24) is 4.98 Å². The van der Waals surface area contributed by atoms with Gasteiger partial charge in [-0.2, -0.15) is 0 Å². The van der Waals surface area contributed by atoms with E-state index in [1.165, 1.54) is 6.20 Å². The van der Waals surface area contributed by atoms with Crippen LogP contribution in [0.15, 0.2) is 12.3 Å². The van der Waals surface area contributed by atoms with Crippen LogP contribution in [0.2, 0.25) is 0 Å². The van der Waals surface area contributed by atoms with E-state index in [1.54, 1.807) is 0 Å². The van der Waals surface area contributed by atoms with E-state index < -0.39 is 17.3 Å². The number of terminal acetylenes is 1. The summed E-state index contributed by atoms with van der Waals surface area (Å²) in [6.45, 7) is 0.456. The van der Waals surface area contributed by atoms with E-state index in [-0.39, 0.29) is 5.82 Å². The van der Waals surface area contributed by atoms with Crippen LogP contribution in [0, 0.1) is 18.2 Å². The Hall–Kier alpha value is -2.09. The second kappa shape index (κ2) is 5.71. The number of unbranched alkanes of at least 4 members (excludes halogenated alkanes) is 1. The molecule has 1 aromatic heterocycles. The molecule has 1 heterocycles. The van der Waals surface area contributed by atoms with Crippen LogP contribution in [0.3, 0.4) is 0 Å². The normalized spacial score (nSPS) is 9.50. The molecule has 16 heavy (non-hydrogen) atoms. The van der Waals surface area contributed by atoms with Crippen molar-refractivity contribution in [2.24, 2.45) is 0 Å². The third-order valence-corrected chi connectivity index (χ3v) is 1.91. The number of carbonyl (C=O) groups is 1. The molecule has 0 aliphatic rings. The third-order valence-electron chi connectivity index (χ3n) is 1.91. The summed E-state index contributed by atoms with van der Waals surface area (Å²) in [5.41, 5.74) is -0.394. The SMILES string of the molecule is C#CCCCNc1nccc(C(=O)O)c1F. The van der Waals surface area contributed by atoms with E-state index in [4.69, 9.17) is 11.5 Å². The van der Waals surface area contributed by atoms with Gasteiger partial charge in [-0.3, -0.25) is 0 Å². The summed E-state index contributed by atoms with van der Waals surface area (Å²) in [5.74, 6) is 0.227. The summed E-state index contributed by atoms with van der Waals surface area (Å²) in [5, 5.41) is 11.4. The first-order valence-corrected chi connectivity index (χ1v) is 4.72. The highest BCUT2D eigenvalue weighted by molar-refractivity contribution is 5.88. The van der Waals surface area contributed by atoms with Crippen molar-refractivity contribution in [3.8, 4) is 12.3 Å². The number of halogens is 1. The van der Waals surface area contributed by atoms with Crippen LogP contribution in [0.4, 0.5) is 10.2 Å². The average molecular weight is 222 g/mol. The number of hydrogen-bond donors (Lipinski definition) is 2. The van der Waals surface area contributed by atoms with Crippen LogP contribution < -0.4 is 5.32 Å². The molecule has 0 spiro atoms. The zero-order valence-corrected chi connectivity index (χ0v) is 8.53.